The van der Waals surface area contributed by atoms with Crippen molar-refractivity contribution in [1.29, 1.82) is 5.26 Å². The van der Waals surface area contributed by atoms with Gasteiger partial charge in [-0.25, -0.2) is 17.2 Å². The fourth-order valence-corrected chi connectivity index (χ4v) is 4.19. The lowest BCUT2D eigenvalue weighted by Crippen LogP contribution is -2.24. The van der Waals surface area contributed by atoms with Crippen molar-refractivity contribution in [1.82, 2.24) is 3.97 Å². The van der Waals surface area contributed by atoms with Crippen LogP contribution in [0.2, 0.25) is 0 Å². The number of methoxy groups -OCH3 is 1. The third kappa shape index (κ3) is 3.05. The molecule has 0 saturated carbocycles. The van der Waals surface area contributed by atoms with Gasteiger partial charge in [0.2, 0.25) is 10.0 Å². The smallest absolute Gasteiger partial charge is 0.340 e. The fraction of sp³-hybridized carbons (Fsp3) is 0.333. The highest BCUT2D eigenvalue weighted by atomic mass is 32.2. The van der Waals surface area contributed by atoms with E-state index in [0.29, 0.717) is 28.1 Å². The average molecular weight is 360 g/mol. The number of nitriles is 1. The molecule has 0 aliphatic heterocycles. The van der Waals surface area contributed by atoms with Crippen molar-refractivity contribution in [3.8, 4) is 17.2 Å². The third-order valence-corrected chi connectivity index (χ3v) is 6.37. The van der Waals surface area contributed by atoms with Gasteiger partial charge in [-0.2, -0.15) is 5.26 Å². The quantitative estimate of drug-likeness (QED) is 0.782. The van der Waals surface area contributed by atoms with Gasteiger partial charge in [0.15, 0.2) is 0 Å². The maximum Gasteiger partial charge on any atom is 0.340 e. The number of carbonyl (C=O) groups is 1. The molecule has 7 heteroatoms. The first-order valence-corrected chi connectivity index (χ1v) is 9.22. The lowest BCUT2D eigenvalue weighted by Gasteiger charge is -2.13. The Bertz CT molecular complexity index is 962. The van der Waals surface area contributed by atoms with Gasteiger partial charge in [-0.05, 0) is 45.4 Å². The molecule has 0 bridgehead atoms. The Morgan fingerprint density at radius 1 is 1.16 bits per heavy atom. The second-order valence-electron chi connectivity index (χ2n) is 5.96. The fourth-order valence-electron chi connectivity index (χ4n) is 2.83. The van der Waals surface area contributed by atoms with E-state index < -0.39 is 21.2 Å². The van der Waals surface area contributed by atoms with Crippen LogP contribution in [0.5, 0.6) is 0 Å². The van der Waals surface area contributed by atoms with Crippen LogP contribution < -0.4 is 0 Å². The number of hydrogen-bond donors (Lipinski definition) is 0. The maximum atomic E-state index is 12.7. The van der Waals surface area contributed by atoms with E-state index in [9.17, 15) is 13.2 Å². The summed E-state index contributed by atoms with van der Waals surface area (Å²) in [6.07, 6.45) is 0. The zero-order chi connectivity index (χ0) is 18.9. The predicted molar refractivity (Wildman–Crippen MR) is 94.9 cm³/mol. The molecule has 0 radical (unpaired) electrons. The van der Waals surface area contributed by atoms with Gasteiger partial charge in [0.1, 0.15) is 0 Å². The Morgan fingerprint density at radius 2 is 1.72 bits per heavy atom. The summed E-state index contributed by atoms with van der Waals surface area (Å²) in [6, 6.07) is 8.67. The van der Waals surface area contributed by atoms with Crippen molar-refractivity contribution in [2.45, 2.75) is 32.9 Å². The molecular formula is C18H20N2O4S. The van der Waals surface area contributed by atoms with E-state index >= 15 is 0 Å². The van der Waals surface area contributed by atoms with Crippen molar-refractivity contribution in [2.24, 2.45) is 0 Å². The highest BCUT2D eigenvalue weighted by Crippen LogP contribution is 2.34. The lowest BCUT2D eigenvalue weighted by molar-refractivity contribution is 0.0601. The lowest BCUT2D eigenvalue weighted by atomic mass is 9.99. The zero-order valence-electron chi connectivity index (χ0n) is 14.8. The van der Waals surface area contributed by atoms with E-state index in [4.69, 9.17) is 10.00 Å². The van der Waals surface area contributed by atoms with Gasteiger partial charge in [-0.15, -0.1) is 0 Å². The van der Waals surface area contributed by atoms with Crippen molar-refractivity contribution >= 4 is 16.0 Å². The molecule has 1 aromatic heterocycles. The van der Waals surface area contributed by atoms with Crippen LogP contribution in [0.1, 0.15) is 41.2 Å². The van der Waals surface area contributed by atoms with Gasteiger partial charge in [0, 0.05) is 17.0 Å². The van der Waals surface area contributed by atoms with Crippen molar-refractivity contribution in [3.05, 3.63) is 46.8 Å². The summed E-state index contributed by atoms with van der Waals surface area (Å²) in [5, 5.41) is 8.30. The third-order valence-electron chi connectivity index (χ3n) is 4.13. The molecule has 0 saturated heterocycles. The number of esters is 1. The van der Waals surface area contributed by atoms with Gasteiger partial charge in [-0.3, -0.25) is 0 Å². The summed E-state index contributed by atoms with van der Waals surface area (Å²) in [4.78, 5) is 12.3. The summed E-state index contributed by atoms with van der Waals surface area (Å²) in [7, 11) is -2.39. The van der Waals surface area contributed by atoms with E-state index in [1.807, 2.05) is 6.07 Å². The molecule has 0 unspecified atom stereocenters. The summed E-state index contributed by atoms with van der Waals surface area (Å²) >= 11 is 0. The molecule has 0 spiro atoms. The first-order chi connectivity index (χ1) is 11.7. The predicted octanol–water partition coefficient (Wildman–Crippen LogP) is 3.02. The van der Waals surface area contributed by atoms with Crippen LogP contribution in [0.15, 0.2) is 24.3 Å². The Morgan fingerprint density at radius 3 is 2.16 bits per heavy atom. The Balaban J connectivity index is 2.87. The minimum atomic E-state index is -3.65. The molecule has 132 valence electrons. The normalized spacial score (nSPS) is 11.4. The number of ether oxygens (including phenoxy) is 1. The maximum absolute atomic E-state index is 12.7. The molecule has 0 atom stereocenters. The molecule has 0 amide bonds. The Kier molecular flexibility index (Phi) is 5.04. The summed E-state index contributed by atoms with van der Waals surface area (Å²) in [5.41, 5.74) is 2.60. The number of aromatic nitrogens is 1. The van der Waals surface area contributed by atoms with Crippen LogP contribution in [0.3, 0.4) is 0 Å². The van der Waals surface area contributed by atoms with Gasteiger partial charge >= 0.3 is 5.97 Å². The SMILES string of the molecule is COC(=O)c1c(-c2ccc(C#N)cc2)c(C)n(S(=O)(=O)C(C)C)c1C. The van der Waals surface area contributed by atoms with Gasteiger partial charge < -0.3 is 4.74 Å². The summed E-state index contributed by atoms with van der Waals surface area (Å²) < 4.78 is 31.6. The number of rotatable bonds is 4. The first-order valence-electron chi connectivity index (χ1n) is 7.71. The molecule has 0 fully saturated rings. The minimum absolute atomic E-state index is 0.217. The van der Waals surface area contributed by atoms with Crippen LogP contribution in [0.4, 0.5) is 0 Å². The average Bonchev–Trinajstić information content (AvgIpc) is 2.85. The molecule has 25 heavy (non-hydrogen) atoms. The van der Waals surface area contributed by atoms with E-state index in [1.165, 1.54) is 11.1 Å². The minimum Gasteiger partial charge on any atom is -0.465 e. The molecule has 6 nitrogen and oxygen atoms in total. The topological polar surface area (TPSA) is 89.2 Å². The molecule has 1 aromatic carbocycles. The van der Waals surface area contributed by atoms with Crippen molar-refractivity contribution < 1.29 is 17.9 Å². The molecule has 2 aromatic rings. The van der Waals surface area contributed by atoms with E-state index in [1.54, 1.807) is 52.0 Å². The van der Waals surface area contributed by atoms with E-state index in [2.05, 4.69) is 0 Å². The zero-order valence-corrected chi connectivity index (χ0v) is 15.6. The highest BCUT2D eigenvalue weighted by Gasteiger charge is 2.31. The largest absolute Gasteiger partial charge is 0.465 e. The Labute approximate surface area is 147 Å². The van der Waals surface area contributed by atoms with Crippen molar-refractivity contribution in [2.75, 3.05) is 7.11 Å². The van der Waals surface area contributed by atoms with Gasteiger partial charge in [-0.1, -0.05) is 12.1 Å². The number of hydrogen-bond acceptors (Lipinski definition) is 5. The van der Waals surface area contributed by atoms with Gasteiger partial charge in [0.25, 0.3) is 0 Å². The van der Waals surface area contributed by atoms with Crippen LogP contribution in [-0.4, -0.2) is 30.7 Å². The molecule has 1 heterocycles. The van der Waals surface area contributed by atoms with Crippen molar-refractivity contribution in [3.63, 3.8) is 0 Å². The summed E-state index contributed by atoms with van der Waals surface area (Å²) in [5.74, 6) is -0.599. The second kappa shape index (κ2) is 6.73. The molecule has 0 N–H and O–H groups in total. The van der Waals surface area contributed by atoms with E-state index in [0.717, 1.165) is 0 Å². The summed E-state index contributed by atoms with van der Waals surface area (Å²) in [6.45, 7) is 6.43. The molecular weight excluding hydrogens is 340 g/mol. The number of nitrogens with zero attached hydrogens (tertiary/aromatic N) is 2. The molecule has 0 aliphatic rings. The molecule has 0 aliphatic carbocycles. The van der Waals surface area contributed by atoms with Crippen LogP contribution >= 0.6 is 0 Å². The monoisotopic (exact) mass is 360 g/mol. The standard InChI is InChI=1S/C18H20N2O4S/c1-11(2)25(22,23)20-12(3)16(17(13(20)4)18(21)24-5)15-8-6-14(10-19)7-9-15/h6-9,11H,1-5H3. The molecule has 2 rings (SSSR count). The second-order valence-corrected chi connectivity index (χ2v) is 8.30. The Hall–Kier alpha value is -2.59. The van der Waals surface area contributed by atoms with Crippen LogP contribution in [0.25, 0.3) is 11.1 Å². The first kappa shape index (κ1) is 18.7. The van der Waals surface area contributed by atoms with E-state index in [-0.39, 0.29) is 5.56 Å². The van der Waals surface area contributed by atoms with Gasteiger partial charge in [0.05, 0.1) is 29.6 Å². The number of benzene rings is 1. The van der Waals surface area contributed by atoms with Crippen LogP contribution in [0, 0.1) is 25.2 Å². The number of carbonyl (C=O) groups excluding carboxylic acids is 1. The highest BCUT2D eigenvalue weighted by molar-refractivity contribution is 7.90. The van der Waals surface area contributed by atoms with Crippen LogP contribution in [-0.2, 0) is 14.8 Å².